The number of ether oxygens (including phenoxy) is 1. The third-order valence-electron chi connectivity index (χ3n) is 3.61. The molecule has 104 valence electrons. The van der Waals surface area contributed by atoms with Crippen molar-refractivity contribution >= 4 is 11.7 Å². The van der Waals surface area contributed by atoms with Gasteiger partial charge in [0, 0.05) is 13.2 Å². The lowest BCUT2D eigenvalue weighted by Crippen LogP contribution is -2.18. The number of anilines is 1. The van der Waals surface area contributed by atoms with Gasteiger partial charge in [-0.3, -0.25) is 4.68 Å². The number of nitrogen functional groups attached to an aromatic ring is 1. The van der Waals surface area contributed by atoms with Crippen LogP contribution in [-0.2, 0) is 18.2 Å². The van der Waals surface area contributed by atoms with E-state index in [1.165, 1.54) is 10.2 Å². The van der Waals surface area contributed by atoms with Crippen LogP contribution in [0.3, 0.4) is 0 Å². The van der Waals surface area contributed by atoms with E-state index in [1.54, 1.807) is 13.2 Å². The van der Waals surface area contributed by atoms with Crippen molar-refractivity contribution in [2.75, 3.05) is 5.73 Å². The molecule has 1 aliphatic rings. The number of carbonyl (C=O) groups is 1. The molecule has 1 aliphatic carbocycles. The first kappa shape index (κ1) is 12.7. The summed E-state index contributed by atoms with van der Waals surface area (Å²) in [5.41, 5.74) is 8.65. The fourth-order valence-electron chi connectivity index (χ4n) is 2.68. The van der Waals surface area contributed by atoms with Crippen LogP contribution in [0.25, 0.3) is 0 Å². The maximum Gasteiger partial charge on any atom is 0.361 e. The molecule has 1 aromatic heterocycles. The van der Waals surface area contributed by atoms with E-state index in [0.717, 1.165) is 24.8 Å². The Kier molecular flexibility index (Phi) is 3.18. The van der Waals surface area contributed by atoms with Gasteiger partial charge in [-0.1, -0.05) is 24.3 Å². The maximum absolute atomic E-state index is 12.2. The lowest BCUT2D eigenvalue weighted by Gasteiger charge is -2.25. The highest BCUT2D eigenvalue weighted by Gasteiger charge is 2.25. The Hall–Kier alpha value is -2.30. The number of esters is 1. The minimum Gasteiger partial charge on any atom is -0.453 e. The van der Waals surface area contributed by atoms with E-state index in [4.69, 9.17) is 10.5 Å². The van der Waals surface area contributed by atoms with E-state index < -0.39 is 5.97 Å². The van der Waals surface area contributed by atoms with Crippen molar-refractivity contribution in [2.45, 2.75) is 25.4 Å². The molecule has 1 unspecified atom stereocenters. The van der Waals surface area contributed by atoms with Gasteiger partial charge in [0.1, 0.15) is 6.10 Å². The molecule has 1 aromatic carbocycles. The van der Waals surface area contributed by atoms with Gasteiger partial charge >= 0.3 is 5.97 Å². The molecule has 2 aromatic rings. The van der Waals surface area contributed by atoms with E-state index in [1.807, 2.05) is 18.2 Å². The molecule has 1 heterocycles. The average molecular weight is 271 g/mol. The molecule has 0 fully saturated rings. The van der Waals surface area contributed by atoms with Crippen LogP contribution in [0.4, 0.5) is 5.69 Å². The summed E-state index contributed by atoms with van der Waals surface area (Å²) < 4.78 is 7.12. The van der Waals surface area contributed by atoms with Crippen molar-refractivity contribution in [3.63, 3.8) is 0 Å². The van der Waals surface area contributed by atoms with Gasteiger partial charge in [0.15, 0.2) is 5.69 Å². The summed E-state index contributed by atoms with van der Waals surface area (Å²) in [6.07, 6.45) is 4.30. The van der Waals surface area contributed by atoms with Crippen molar-refractivity contribution in [2.24, 2.45) is 7.05 Å². The van der Waals surface area contributed by atoms with Crippen LogP contribution in [-0.4, -0.2) is 15.7 Å². The number of hydrogen-bond donors (Lipinski definition) is 1. The number of nitrogens with zero attached hydrogens (tertiary/aromatic N) is 2. The largest absolute Gasteiger partial charge is 0.453 e. The first-order valence-corrected chi connectivity index (χ1v) is 6.73. The van der Waals surface area contributed by atoms with Crippen LogP contribution < -0.4 is 5.73 Å². The Bertz CT molecular complexity index is 648. The van der Waals surface area contributed by atoms with Crippen LogP contribution in [0.1, 0.15) is 40.6 Å². The van der Waals surface area contributed by atoms with Crippen molar-refractivity contribution in [1.29, 1.82) is 0 Å². The number of aromatic nitrogens is 2. The summed E-state index contributed by atoms with van der Waals surface area (Å²) in [5.74, 6) is -0.454. The number of rotatable bonds is 2. The molecule has 0 bridgehead atoms. The normalized spacial score (nSPS) is 17.6. The molecule has 0 amide bonds. The number of fused-ring (bicyclic) bond motifs is 1. The Labute approximate surface area is 117 Å². The lowest BCUT2D eigenvalue weighted by atomic mass is 9.89. The van der Waals surface area contributed by atoms with Crippen LogP contribution in [0, 0.1) is 0 Å². The third-order valence-corrected chi connectivity index (χ3v) is 3.61. The summed E-state index contributed by atoms with van der Waals surface area (Å²) >= 11 is 0. The SMILES string of the molecule is Cn1cc(N)c(C(=O)OC2CCCc3ccccc32)n1. The molecule has 5 heteroatoms. The van der Waals surface area contributed by atoms with E-state index in [2.05, 4.69) is 11.2 Å². The standard InChI is InChI=1S/C15H17N3O2/c1-18-9-12(16)14(17-18)15(19)20-13-8-4-6-10-5-2-3-7-11(10)13/h2-3,5,7,9,13H,4,6,8,16H2,1H3. The molecule has 0 saturated heterocycles. The van der Waals surface area contributed by atoms with Gasteiger partial charge < -0.3 is 10.5 Å². The van der Waals surface area contributed by atoms with E-state index in [0.29, 0.717) is 5.69 Å². The van der Waals surface area contributed by atoms with Crippen molar-refractivity contribution < 1.29 is 9.53 Å². The van der Waals surface area contributed by atoms with Gasteiger partial charge in [-0.05, 0) is 30.4 Å². The summed E-state index contributed by atoms with van der Waals surface area (Å²) in [6, 6.07) is 8.10. The highest BCUT2D eigenvalue weighted by Crippen LogP contribution is 2.33. The monoisotopic (exact) mass is 271 g/mol. The smallest absolute Gasteiger partial charge is 0.361 e. The number of nitrogens with two attached hydrogens (primary N) is 1. The van der Waals surface area contributed by atoms with Crippen molar-refractivity contribution in [1.82, 2.24) is 9.78 Å². The fraction of sp³-hybridized carbons (Fsp3) is 0.333. The summed E-state index contributed by atoms with van der Waals surface area (Å²) in [5, 5.41) is 4.05. The molecular weight excluding hydrogens is 254 g/mol. The zero-order valence-electron chi connectivity index (χ0n) is 11.4. The highest BCUT2D eigenvalue weighted by molar-refractivity contribution is 5.92. The second-order valence-corrected chi connectivity index (χ2v) is 5.09. The van der Waals surface area contributed by atoms with Crippen LogP contribution in [0.2, 0.25) is 0 Å². The molecule has 0 saturated carbocycles. The Morgan fingerprint density at radius 1 is 1.45 bits per heavy atom. The average Bonchev–Trinajstić information content (AvgIpc) is 2.78. The number of hydrogen-bond acceptors (Lipinski definition) is 4. The number of benzene rings is 1. The van der Waals surface area contributed by atoms with Gasteiger partial charge in [0.05, 0.1) is 5.69 Å². The first-order valence-electron chi connectivity index (χ1n) is 6.73. The quantitative estimate of drug-likeness (QED) is 0.850. The van der Waals surface area contributed by atoms with Crippen molar-refractivity contribution in [3.05, 3.63) is 47.3 Å². The molecule has 2 N–H and O–H groups in total. The summed E-state index contributed by atoms with van der Waals surface area (Å²) in [4.78, 5) is 12.2. The molecule has 0 aliphatic heterocycles. The number of carbonyl (C=O) groups excluding carboxylic acids is 1. The summed E-state index contributed by atoms with van der Waals surface area (Å²) in [7, 11) is 1.73. The molecule has 0 radical (unpaired) electrons. The zero-order chi connectivity index (χ0) is 14.1. The molecule has 3 rings (SSSR count). The predicted molar refractivity (Wildman–Crippen MR) is 75.2 cm³/mol. The first-order chi connectivity index (χ1) is 9.65. The van der Waals surface area contributed by atoms with Gasteiger partial charge in [-0.15, -0.1) is 0 Å². The summed E-state index contributed by atoms with van der Waals surface area (Å²) in [6.45, 7) is 0. The highest BCUT2D eigenvalue weighted by atomic mass is 16.5. The predicted octanol–water partition coefficient (Wildman–Crippen LogP) is 2.24. The van der Waals surface area contributed by atoms with E-state index >= 15 is 0 Å². The molecule has 5 nitrogen and oxygen atoms in total. The van der Waals surface area contributed by atoms with E-state index in [9.17, 15) is 4.79 Å². The Balaban J connectivity index is 1.82. The molecule has 0 spiro atoms. The topological polar surface area (TPSA) is 70.1 Å². The lowest BCUT2D eigenvalue weighted by molar-refractivity contribution is 0.0250. The maximum atomic E-state index is 12.2. The van der Waals surface area contributed by atoms with Crippen LogP contribution >= 0.6 is 0 Å². The Morgan fingerprint density at radius 3 is 3.00 bits per heavy atom. The van der Waals surface area contributed by atoms with Gasteiger partial charge in [0.25, 0.3) is 0 Å². The van der Waals surface area contributed by atoms with Crippen molar-refractivity contribution in [3.8, 4) is 0 Å². The second kappa shape index (κ2) is 5.00. The molecular formula is C15H17N3O2. The van der Waals surface area contributed by atoms with E-state index in [-0.39, 0.29) is 11.8 Å². The minimum atomic E-state index is -0.454. The molecule has 20 heavy (non-hydrogen) atoms. The zero-order valence-corrected chi connectivity index (χ0v) is 11.4. The van der Waals surface area contributed by atoms with Crippen LogP contribution in [0.15, 0.2) is 30.5 Å². The fourth-order valence-corrected chi connectivity index (χ4v) is 2.68. The van der Waals surface area contributed by atoms with Gasteiger partial charge in [-0.2, -0.15) is 5.10 Å². The van der Waals surface area contributed by atoms with Gasteiger partial charge in [0.2, 0.25) is 0 Å². The minimum absolute atomic E-state index is 0.190. The number of aryl methyl sites for hydroxylation is 2. The second-order valence-electron chi connectivity index (χ2n) is 5.09. The van der Waals surface area contributed by atoms with Gasteiger partial charge in [-0.25, -0.2) is 4.79 Å². The molecule has 1 atom stereocenters. The van der Waals surface area contributed by atoms with Crippen LogP contribution in [0.5, 0.6) is 0 Å². The Morgan fingerprint density at radius 2 is 2.25 bits per heavy atom. The third kappa shape index (κ3) is 2.27.